The van der Waals surface area contributed by atoms with E-state index in [0.29, 0.717) is 29.7 Å². The van der Waals surface area contributed by atoms with E-state index in [0.717, 1.165) is 32.2 Å². The maximum atomic E-state index is 12.9. The molecule has 4 rings (SSSR count). The Morgan fingerprint density at radius 1 is 1.33 bits per heavy atom. The van der Waals surface area contributed by atoms with Crippen molar-refractivity contribution in [2.45, 2.75) is 50.0 Å². The molecule has 146 valence electrons. The molecule has 0 radical (unpaired) electrons. The minimum absolute atomic E-state index is 0.0376. The van der Waals surface area contributed by atoms with E-state index in [-0.39, 0.29) is 29.8 Å². The summed E-state index contributed by atoms with van der Waals surface area (Å²) in [5.74, 6) is 0. The number of methoxy groups -OCH3 is 1. The van der Waals surface area contributed by atoms with Crippen LogP contribution in [-0.4, -0.2) is 54.6 Å². The Balaban J connectivity index is 1.57. The molecule has 1 saturated heterocycles. The summed E-state index contributed by atoms with van der Waals surface area (Å²) in [7, 11) is 1.79. The molecule has 2 aromatic rings. The highest BCUT2D eigenvalue weighted by Crippen LogP contribution is 2.43. The number of rotatable bonds is 6. The summed E-state index contributed by atoms with van der Waals surface area (Å²) < 4.78 is 17.5. The monoisotopic (exact) mass is 373 g/mol. The fourth-order valence-corrected chi connectivity index (χ4v) is 4.76. The number of para-hydroxylation sites is 1. The second-order valence-corrected chi connectivity index (χ2v) is 7.58. The highest BCUT2D eigenvalue weighted by atomic mass is 16.5. The first-order valence-electron chi connectivity index (χ1n) is 9.68. The number of likely N-dealkylation sites (tertiary alicyclic amines) is 1. The van der Waals surface area contributed by atoms with Gasteiger partial charge in [0.25, 0.3) is 0 Å². The van der Waals surface area contributed by atoms with Gasteiger partial charge < -0.3 is 19.0 Å². The molecule has 1 saturated carbocycles. The highest BCUT2D eigenvalue weighted by Gasteiger charge is 2.51. The summed E-state index contributed by atoms with van der Waals surface area (Å²) in [4.78, 5) is 15.2. The molecule has 2 fully saturated rings. The van der Waals surface area contributed by atoms with Crippen LogP contribution < -0.4 is 5.43 Å². The first-order chi connectivity index (χ1) is 13.2. The van der Waals surface area contributed by atoms with Crippen LogP contribution in [0, 0.1) is 0 Å². The fraction of sp³-hybridized carbons (Fsp3) is 0.571. The number of ether oxygens (including phenoxy) is 2. The number of nitrogens with zero attached hydrogens (tertiary/aromatic N) is 1. The number of fused-ring (bicyclic) bond motifs is 2. The van der Waals surface area contributed by atoms with Crippen LogP contribution in [0.25, 0.3) is 11.0 Å². The first kappa shape index (κ1) is 18.6. The Bertz CT molecular complexity index is 850. The molecule has 27 heavy (non-hydrogen) atoms. The Labute approximate surface area is 158 Å². The predicted molar refractivity (Wildman–Crippen MR) is 102 cm³/mol. The number of benzene rings is 1. The third-order valence-electron chi connectivity index (χ3n) is 6.22. The zero-order valence-electron chi connectivity index (χ0n) is 15.7. The van der Waals surface area contributed by atoms with Gasteiger partial charge in [-0.1, -0.05) is 12.1 Å². The van der Waals surface area contributed by atoms with E-state index in [1.807, 2.05) is 24.3 Å². The molecule has 1 aromatic carbocycles. The van der Waals surface area contributed by atoms with Gasteiger partial charge in [-0.25, -0.2) is 0 Å². The van der Waals surface area contributed by atoms with Gasteiger partial charge in [-0.2, -0.15) is 0 Å². The number of hydrogen-bond donors (Lipinski definition) is 1. The van der Waals surface area contributed by atoms with E-state index in [1.54, 1.807) is 13.4 Å². The van der Waals surface area contributed by atoms with E-state index in [9.17, 15) is 4.79 Å². The molecule has 1 aromatic heterocycles. The summed E-state index contributed by atoms with van der Waals surface area (Å²) in [6.07, 6.45) is 5.41. The quantitative estimate of drug-likeness (QED) is 0.838. The van der Waals surface area contributed by atoms with Crippen molar-refractivity contribution in [3.63, 3.8) is 0 Å². The second kappa shape index (κ2) is 7.72. The van der Waals surface area contributed by atoms with E-state index >= 15 is 0 Å². The van der Waals surface area contributed by atoms with E-state index in [4.69, 9.17) is 19.0 Å². The van der Waals surface area contributed by atoms with Crippen LogP contribution in [0.2, 0.25) is 0 Å². The third kappa shape index (κ3) is 3.43. The van der Waals surface area contributed by atoms with Gasteiger partial charge in [-0.05, 0) is 37.8 Å². The summed E-state index contributed by atoms with van der Waals surface area (Å²) in [5.41, 5.74) is 1.17. The van der Waals surface area contributed by atoms with Crippen LogP contribution in [0.1, 0.15) is 31.2 Å². The molecular weight excluding hydrogens is 346 g/mol. The van der Waals surface area contributed by atoms with Crippen LogP contribution in [0.3, 0.4) is 0 Å². The van der Waals surface area contributed by atoms with Crippen molar-refractivity contribution in [3.05, 3.63) is 46.3 Å². The average molecular weight is 373 g/mol. The van der Waals surface area contributed by atoms with Crippen molar-refractivity contribution < 1.29 is 19.0 Å². The Hall–Kier alpha value is -1.73. The molecule has 2 heterocycles. The molecular formula is C21H27NO5. The maximum Gasteiger partial charge on any atom is 0.197 e. The predicted octanol–water partition coefficient (Wildman–Crippen LogP) is 2.31. The lowest BCUT2D eigenvalue weighted by Crippen LogP contribution is -2.51. The zero-order valence-corrected chi connectivity index (χ0v) is 15.7. The summed E-state index contributed by atoms with van der Waals surface area (Å²) in [6.45, 7) is 1.84. The molecule has 1 aliphatic carbocycles. The van der Waals surface area contributed by atoms with Gasteiger partial charge >= 0.3 is 0 Å². The molecule has 3 atom stereocenters. The van der Waals surface area contributed by atoms with Crippen LogP contribution in [0.5, 0.6) is 0 Å². The number of hydrogen-bond acceptors (Lipinski definition) is 6. The van der Waals surface area contributed by atoms with Gasteiger partial charge in [0, 0.05) is 31.8 Å². The molecule has 1 N–H and O–H groups in total. The minimum atomic E-state index is -0.171. The van der Waals surface area contributed by atoms with Crippen molar-refractivity contribution in [1.29, 1.82) is 0 Å². The average Bonchev–Trinajstić information content (AvgIpc) is 3.07. The molecule has 0 bridgehead atoms. The second-order valence-electron chi connectivity index (χ2n) is 7.58. The van der Waals surface area contributed by atoms with Crippen molar-refractivity contribution >= 4 is 11.0 Å². The SMILES string of the molecule is CO[C@@]12CC[C@@H](OCCO)C[C@@H]1N(Cc1coc3ccccc3c1=O)CC2. The Kier molecular flexibility index (Phi) is 5.32. The van der Waals surface area contributed by atoms with Gasteiger partial charge in [-0.3, -0.25) is 9.69 Å². The smallest absolute Gasteiger partial charge is 0.197 e. The molecule has 0 spiro atoms. The molecule has 1 aliphatic heterocycles. The van der Waals surface area contributed by atoms with Crippen molar-refractivity contribution in [3.8, 4) is 0 Å². The third-order valence-corrected chi connectivity index (χ3v) is 6.22. The van der Waals surface area contributed by atoms with Crippen LogP contribution in [-0.2, 0) is 16.0 Å². The summed E-state index contributed by atoms with van der Waals surface area (Å²) in [5, 5.41) is 9.66. The van der Waals surface area contributed by atoms with E-state index in [1.165, 1.54) is 0 Å². The zero-order chi connectivity index (χ0) is 18.9. The number of aliphatic hydroxyl groups is 1. The normalized spacial score (nSPS) is 28.5. The maximum absolute atomic E-state index is 12.9. The summed E-state index contributed by atoms with van der Waals surface area (Å²) in [6, 6.07) is 7.56. The van der Waals surface area contributed by atoms with Gasteiger partial charge in [0.1, 0.15) is 5.58 Å². The van der Waals surface area contributed by atoms with Crippen LogP contribution in [0.4, 0.5) is 0 Å². The van der Waals surface area contributed by atoms with Gasteiger partial charge in [-0.15, -0.1) is 0 Å². The molecule has 6 heteroatoms. The lowest BCUT2D eigenvalue weighted by atomic mass is 9.79. The highest BCUT2D eigenvalue weighted by molar-refractivity contribution is 5.76. The largest absolute Gasteiger partial charge is 0.464 e. The van der Waals surface area contributed by atoms with Gasteiger partial charge in [0.15, 0.2) is 5.43 Å². The van der Waals surface area contributed by atoms with Crippen molar-refractivity contribution in [2.75, 3.05) is 26.9 Å². The van der Waals surface area contributed by atoms with Gasteiger partial charge in [0.2, 0.25) is 0 Å². The van der Waals surface area contributed by atoms with Crippen molar-refractivity contribution in [1.82, 2.24) is 4.90 Å². The first-order valence-corrected chi connectivity index (χ1v) is 9.68. The summed E-state index contributed by atoms with van der Waals surface area (Å²) >= 11 is 0. The van der Waals surface area contributed by atoms with Crippen LogP contribution >= 0.6 is 0 Å². The molecule has 2 aliphatic rings. The number of aliphatic hydroxyl groups excluding tert-OH is 1. The Morgan fingerprint density at radius 3 is 3.00 bits per heavy atom. The molecule has 0 unspecified atom stereocenters. The lowest BCUT2D eigenvalue weighted by molar-refractivity contribution is -0.104. The Morgan fingerprint density at radius 2 is 2.19 bits per heavy atom. The fourth-order valence-electron chi connectivity index (χ4n) is 4.76. The van der Waals surface area contributed by atoms with Gasteiger partial charge in [0.05, 0.1) is 36.6 Å². The topological polar surface area (TPSA) is 72.1 Å². The van der Waals surface area contributed by atoms with E-state index in [2.05, 4.69) is 4.90 Å². The van der Waals surface area contributed by atoms with Crippen molar-refractivity contribution in [2.24, 2.45) is 0 Å². The minimum Gasteiger partial charge on any atom is -0.464 e. The standard InChI is InChI=1S/C21H27NO5/c1-25-21-7-6-16(26-11-10-23)12-19(21)22(9-8-21)13-15-14-27-18-5-3-2-4-17(18)20(15)24/h2-5,14,16,19,23H,6-13H2,1H3/t16-,19+,21-/m1/s1. The lowest BCUT2D eigenvalue weighted by Gasteiger charge is -2.43. The van der Waals surface area contributed by atoms with E-state index < -0.39 is 0 Å². The van der Waals surface area contributed by atoms with Crippen LogP contribution in [0.15, 0.2) is 39.7 Å². The molecule has 6 nitrogen and oxygen atoms in total. The molecule has 0 amide bonds.